The maximum absolute atomic E-state index is 5.56. The Kier molecular flexibility index (Phi) is 2.78. The van der Waals surface area contributed by atoms with Crippen LogP contribution >= 0.6 is 0 Å². The van der Waals surface area contributed by atoms with E-state index in [0.29, 0.717) is 6.54 Å². The molecule has 2 N–H and O–H groups in total. The normalized spacial score (nSPS) is 10.9. The molecule has 1 aromatic carbocycles. The lowest BCUT2D eigenvalue weighted by atomic mass is 10.2. The predicted molar refractivity (Wildman–Crippen MR) is 71.2 cm³/mol. The molecule has 0 amide bonds. The maximum Gasteiger partial charge on any atom is 0.168 e. The van der Waals surface area contributed by atoms with Gasteiger partial charge in [-0.3, -0.25) is 4.40 Å². The Hall–Kier alpha value is -2.20. The second-order valence-corrected chi connectivity index (χ2v) is 4.19. The summed E-state index contributed by atoms with van der Waals surface area (Å²) in [6.45, 7) is 0.649. The predicted octanol–water partition coefficient (Wildman–Crippen LogP) is 1.90. The van der Waals surface area contributed by atoms with Crippen molar-refractivity contribution in [3.05, 3.63) is 54.2 Å². The van der Waals surface area contributed by atoms with Crippen molar-refractivity contribution in [3.63, 3.8) is 0 Å². The van der Waals surface area contributed by atoms with E-state index in [0.717, 1.165) is 23.5 Å². The molecule has 0 saturated carbocycles. The molecule has 0 fully saturated rings. The van der Waals surface area contributed by atoms with Crippen LogP contribution < -0.4 is 5.73 Å². The summed E-state index contributed by atoms with van der Waals surface area (Å²) in [5.41, 5.74) is 8.68. The summed E-state index contributed by atoms with van der Waals surface area (Å²) in [4.78, 5) is 0. The second-order valence-electron chi connectivity index (χ2n) is 4.19. The van der Waals surface area contributed by atoms with Crippen molar-refractivity contribution in [2.75, 3.05) is 6.54 Å². The van der Waals surface area contributed by atoms with Gasteiger partial charge in [0.25, 0.3) is 0 Å². The number of hydrogen-bond donors (Lipinski definition) is 1. The number of nitrogens with two attached hydrogens (primary N) is 1. The van der Waals surface area contributed by atoms with E-state index in [-0.39, 0.29) is 0 Å². The van der Waals surface area contributed by atoms with Gasteiger partial charge in [0.05, 0.1) is 0 Å². The van der Waals surface area contributed by atoms with Gasteiger partial charge in [-0.25, -0.2) is 0 Å². The van der Waals surface area contributed by atoms with E-state index < -0.39 is 0 Å². The van der Waals surface area contributed by atoms with Crippen molar-refractivity contribution in [1.29, 1.82) is 0 Å². The maximum atomic E-state index is 5.56. The summed E-state index contributed by atoms with van der Waals surface area (Å²) in [6.07, 6.45) is 2.87. The first kappa shape index (κ1) is 10.9. The highest BCUT2D eigenvalue weighted by molar-refractivity contribution is 5.59. The lowest BCUT2D eigenvalue weighted by Crippen LogP contribution is -2.03. The highest BCUT2D eigenvalue weighted by Gasteiger charge is 2.07. The van der Waals surface area contributed by atoms with Crippen LogP contribution in [0, 0.1) is 0 Å². The van der Waals surface area contributed by atoms with Crippen LogP contribution in [-0.2, 0) is 6.42 Å². The van der Waals surface area contributed by atoms with E-state index in [1.54, 1.807) is 0 Å². The fourth-order valence-electron chi connectivity index (χ4n) is 2.04. The molecule has 0 atom stereocenters. The fraction of sp³-hybridized carbons (Fsp3) is 0.143. The quantitative estimate of drug-likeness (QED) is 0.758. The average molecular weight is 238 g/mol. The summed E-state index contributed by atoms with van der Waals surface area (Å²) in [6, 6.07) is 14.2. The van der Waals surface area contributed by atoms with E-state index in [2.05, 4.69) is 16.3 Å². The molecule has 0 spiro atoms. The summed E-state index contributed by atoms with van der Waals surface area (Å²) in [7, 11) is 0. The van der Waals surface area contributed by atoms with Crippen LogP contribution in [0.3, 0.4) is 0 Å². The number of aromatic nitrogens is 3. The van der Waals surface area contributed by atoms with Gasteiger partial charge in [-0.05, 0) is 30.7 Å². The van der Waals surface area contributed by atoms with Crippen LogP contribution in [0.5, 0.6) is 0 Å². The smallest absolute Gasteiger partial charge is 0.168 e. The van der Waals surface area contributed by atoms with Crippen LogP contribution in [-0.4, -0.2) is 21.1 Å². The van der Waals surface area contributed by atoms with Gasteiger partial charge in [-0.15, -0.1) is 10.2 Å². The van der Waals surface area contributed by atoms with Crippen LogP contribution in [0.15, 0.2) is 48.7 Å². The van der Waals surface area contributed by atoms with Gasteiger partial charge in [0.1, 0.15) is 0 Å². The van der Waals surface area contributed by atoms with Crippen LogP contribution in [0.2, 0.25) is 0 Å². The average Bonchev–Trinajstić information content (AvgIpc) is 2.83. The lowest BCUT2D eigenvalue weighted by molar-refractivity contribution is 0.963. The highest BCUT2D eigenvalue weighted by Crippen LogP contribution is 2.18. The van der Waals surface area contributed by atoms with E-state index in [4.69, 9.17) is 5.73 Å². The van der Waals surface area contributed by atoms with Gasteiger partial charge in [0, 0.05) is 11.8 Å². The molecule has 2 heterocycles. The fourth-order valence-corrected chi connectivity index (χ4v) is 2.04. The molecule has 3 rings (SSSR count). The zero-order valence-electron chi connectivity index (χ0n) is 9.95. The Morgan fingerprint density at radius 1 is 1.06 bits per heavy atom. The molecule has 0 aliphatic carbocycles. The standard InChI is InChI=1S/C14H14N4/c15-8-6-11-7-9-18-13(10-11)16-17-14(18)12-4-2-1-3-5-12/h1-5,7,9-10H,6,8,15H2. The second kappa shape index (κ2) is 4.58. The molecule has 90 valence electrons. The molecule has 4 nitrogen and oxygen atoms in total. The Morgan fingerprint density at radius 2 is 1.89 bits per heavy atom. The number of rotatable bonds is 3. The zero-order chi connectivity index (χ0) is 12.4. The summed E-state index contributed by atoms with van der Waals surface area (Å²) in [5, 5.41) is 8.46. The Morgan fingerprint density at radius 3 is 2.67 bits per heavy atom. The minimum atomic E-state index is 0.649. The first-order valence-corrected chi connectivity index (χ1v) is 5.97. The molecule has 2 aromatic heterocycles. The number of benzene rings is 1. The third kappa shape index (κ3) is 1.87. The molecular formula is C14H14N4. The topological polar surface area (TPSA) is 56.2 Å². The third-order valence-electron chi connectivity index (χ3n) is 2.94. The van der Waals surface area contributed by atoms with Gasteiger partial charge in [0.2, 0.25) is 0 Å². The van der Waals surface area contributed by atoms with E-state index in [1.807, 2.05) is 47.0 Å². The summed E-state index contributed by atoms with van der Waals surface area (Å²) >= 11 is 0. The first-order valence-electron chi connectivity index (χ1n) is 5.97. The summed E-state index contributed by atoms with van der Waals surface area (Å²) in [5.74, 6) is 0.866. The largest absolute Gasteiger partial charge is 0.330 e. The molecule has 0 radical (unpaired) electrons. The molecule has 18 heavy (non-hydrogen) atoms. The molecule has 0 bridgehead atoms. The molecule has 3 aromatic rings. The van der Waals surface area contributed by atoms with Crippen molar-refractivity contribution in [2.45, 2.75) is 6.42 Å². The zero-order valence-corrected chi connectivity index (χ0v) is 9.95. The van der Waals surface area contributed by atoms with Crippen LogP contribution in [0.1, 0.15) is 5.56 Å². The van der Waals surface area contributed by atoms with Crippen molar-refractivity contribution >= 4 is 5.65 Å². The van der Waals surface area contributed by atoms with Gasteiger partial charge in [0.15, 0.2) is 11.5 Å². The molecule has 4 heteroatoms. The molecular weight excluding hydrogens is 224 g/mol. The van der Waals surface area contributed by atoms with Crippen molar-refractivity contribution in [2.24, 2.45) is 5.73 Å². The van der Waals surface area contributed by atoms with Crippen molar-refractivity contribution in [3.8, 4) is 11.4 Å². The van der Waals surface area contributed by atoms with Crippen molar-refractivity contribution < 1.29 is 0 Å². The number of nitrogens with zero attached hydrogens (tertiary/aromatic N) is 3. The van der Waals surface area contributed by atoms with Gasteiger partial charge < -0.3 is 5.73 Å². The van der Waals surface area contributed by atoms with Crippen molar-refractivity contribution in [1.82, 2.24) is 14.6 Å². The SMILES string of the molecule is NCCc1ccn2c(-c3ccccc3)nnc2c1. The Bertz CT molecular complexity index is 658. The van der Waals surface area contributed by atoms with Gasteiger partial charge >= 0.3 is 0 Å². The number of hydrogen-bond acceptors (Lipinski definition) is 3. The van der Waals surface area contributed by atoms with E-state index in [1.165, 1.54) is 5.56 Å². The number of pyridine rings is 1. The summed E-state index contributed by atoms with van der Waals surface area (Å²) < 4.78 is 2.00. The molecule has 0 aliphatic heterocycles. The van der Waals surface area contributed by atoms with Crippen LogP contribution in [0.25, 0.3) is 17.0 Å². The van der Waals surface area contributed by atoms with Gasteiger partial charge in [-0.1, -0.05) is 30.3 Å². The van der Waals surface area contributed by atoms with Gasteiger partial charge in [-0.2, -0.15) is 0 Å². The van der Waals surface area contributed by atoms with E-state index >= 15 is 0 Å². The minimum Gasteiger partial charge on any atom is -0.330 e. The molecule has 0 saturated heterocycles. The monoisotopic (exact) mass is 238 g/mol. The molecule has 0 unspecified atom stereocenters. The highest BCUT2D eigenvalue weighted by atomic mass is 15.2. The minimum absolute atomic E-state index is 0.649. The Labute approximate surface area is 105 Å². The first-order chi connectivity index (χ1) is 8.88. The lowest BCUT2D eigenvalue weighted by Gasteiger charge is -2.02. The molecule has 0 aliphatic rings. The number of fused-ring (bicyclic) bond motifs is 1. The van der Waals surface area contributed by atoms with Crippen LogP contribution in [0.4, 0.5) is 0 Å². The Balaban J connectivity index is 2.10. The third-order valence-corrected chi connectivity index (χ3v) is 2.94. The van der Waals surface area contributed by atoms with E-state index in [9.17, 15) is 0 Å².